The molecule has 1 atom stereocenters. The second-order valence-electron chi connectivity index (χ2n) is 5.24. The fourth-order valence-electron chi connectivity index (χ4n) is 2.39. The smallest absolute Gasteiger partial charge is 0.289 e. The van der Waals surface area contributed by atoms with E-state index in [-0.39, 0.29) is 4.90 Å². The van der Waals surface area contributed by atoms with Gasteiger partial charge in [0.15, 0.2) is 4.90 Å². The fraction of sp³-hybridized carbons (Fsp3) is 0.250. The van der Waals surface area contributed by atoms with Crippen molar-refractivity contribution >= 4 is 15.7 Å². The van der Waals surface area contributed by atoms with Gasteiger partial charge < -0.3 is 5.73 Å². The lowest BCUT2D eigenvalue weighted by Crippen LogP contribution is -2.29. The summed E-state index contributed by atoms with van der Waals surface area (Å²) in [7, 11) is -4.05. The van der Waals surface area contributed by atoms with Crippen LogP contribution in [0, 0.1) is 10.1 Å². The first-order valence-electron chi connectivity index (χ1n) is 7.46. The van der Waals surface area contributed by atoms with Crippen molar-refractivity contribution in [3.8, 4) is 0 Å². The van der Waals surface area contributed by atoms with Crippen molar-refractivity contribution in [3.05, 3.63) is 70.3 Å². The molecule has 0 aliphatic rings. The molecule has 128 valence electrons. The van der Waals surface area contributed by atoms with Gasteiger partial charge in [-0.3, -0.25) is 10.1 Å². The van der Waals surface area contributed by atoms with E-state index in [0.29, 0.717) is 19.4 Å². The molecule has 0 aliphatic carbocycles. The van der Waals surface area contributed by atoms with E-state index in [1.54, 1.807) is 0 Å². The number of nitro benzene ring substituents is 1. The number of nitrogens with zero attached hydrogens (tertiary/aromatic N) is 1. The maximum atomic E-state index is 12.7. The van der Waals surface area contributed by atoms with Crippen LogP contribution in [-0.2, 0) is 10.0 Å². The summed E-state index contributed by atoms with van der Waals surface area (Å²) < 4.78 is 27.9. The molecule has 2 aromatic rings. The van der Waals surface area contributed by atoms with Gasteiger partial charge in [-0.1, -0.05) is 42.5 Å². The lowest BCUT2D eigenvalue weighted by Gasteiger charge is -2.19. The third kappa shape index (κ3) is 4.38. The van der Waals surface area contributed by atoms with Crippen LogP contribution in [-0.4, -0.2) is 19.9 Å². The summed E-state index contributed by atoms with van der Waals surface area (Å²) >= 11 is 0. The first-order valence-corrected chi connectivity index (χ1v) is 8.95. The second kappa shape index (κ2) is 8.00. The molecule has 7 nitrogen and oxygen atoms in total. The summed E-state index contributed by atoms with van der Waals surface area (Å²) in [5.74, 6) is 0. The van der Waals surface area contributed by atoms with Crippen molar-refractivity contribution in [3.63, 3.8) is 0 Å². The van der Waals surface area contributed by atoms with Gasteiger partial charge in [-0.05, 0) is 31.0 Å². The molecule has 0 fully saturated rings. The van der Waals surface area contributed by atoms with Gasteiger partial charge in [0.1, 0.15) is 0 Å². The topological polar surface area (TPSA) is 115 Å². The van der Waals surface area contributed by atoms with Crippen LogP contribution in [0.5, 0.6) is 0 Å². The van der Waals surface area contributed by atoms with Gasteiger partial charge in [0.2, 0.25) is 10.0 Å². The van der Waals surface area contributed by atoms with Crippen LogP contribution in [0.2, 0.25) is 0 Å². The Bertz CT molecular complexity index is 794. The minimum atomic E-state index is -4.05. The molecular formula is C16H19N3O4S. The van der Waals surface area contributed by atoms with E-state index >= 15 is 0 Å². The molecule has 0 amide bonds. The van der Waals surface area contributed by atoms with Gasteiger partial charge in [0, 0.05) is 12.1 Å². The van der Waals surface area contributed by atoms with E-state index in [0.717, 1.165) is 5.56 Å². The highest BCUT2D eigenvalue weighted by atomic mass is 32.2. The van der Waals surface area contributed by atoms with Gasteiger partial charge in [0.25, 0.3) is 5.69 Å². The lowest BCUT2D eigenvalue weighted by molar-refractivity contribution is -0.387. The summed E-state index contributed by atoms with van der Waals surface area (Å²) in [6.45, 7) is 0.427. The van der Waals surface area contributed by atoms with E-state index in [9.17, 15) is 18.5 Å². The molecule has 24 heavy (non-hydrogen) atoms. The standard InChI is InChI=1S/C16H19N3O4S/c17-12-6-9-14(13-7-2-1-3-8-13)18-24(22,23)16-11-5-4-10-15(16)19(20)21/h1-5,7-8,10-11,14,18H,6,9,12,17H2. The van der Waals surface area contributed by atoms with E-state index < -0.39 is 26.7 Å². The molecule has 0 bridgehead atoms. The van der Waals surface area contributed by atoms with Crippen molar-refractivity contribution in [1.29, 1.82) is 0 Å². The van der Waals surface area contributed by atoms with Gasteiger partial charge in [0.05, 0.1) is 4.92 Å². The Morgan fingerprint density at radius 2 is 1.71 bits per heavy atom. The first-order chi connectivity index (χ1) is 11.5. The molecule has 0 saturated heterocycles. The van der Waals surface area contributed by atoms with Crippen LogP contribution in [0.4, 0.5) is 5.69 Å². The van der Waals surface area contributed by atoms with Crippen LogP contribution in [0.15, 0.2) is 59.5 Å². The van der Waals surface area contributed by atoms with E-state index in [2.05, 4.69) is 4.72 Å². The van der Waals surface area contributed by atoms with E-state index in [1.165, 1.54) is 24.3 Å². The number of rotatable bonds is 8. The highest BCUT2D eigenvalue weighted by Crippen LogP contribution is 2.26. The molecule has 8 heteroatoms. The maximum Gasteiger partial charge on any atom is 0.289 e. The van der Waals surface area contributed by atoms with Gasteiger partial charge in [-0.15, -0.1) is 0 Å². The number of benzene rings is 2. The summed E-state index contributed by atoms with van der Waals surface area (Å²) in [6.07, 6.45) is 1.12. The third-order valence-electron chi connectivity index (χ3n) is 3.55. The van der Waals surface area contributed by atoms with E-state index in [4.69, 9.17) is 5.73 Å². The average molecular weight is 349 g/mol. The van der Waals surface area contributed by atoms with Crippen molar-refractivity contribution in [1.82, 2.24) is 4.72 Å². The number of nitrogens with two attached hydrogens (primary N) is 1. The van der Waals surface area contributed by atoms with Crippen molar-refractivity contribution in [2.75, 3.05) is 6.54 Å². The number of hydrogen-bond acceptors (Lipinski definition) is 5. The molecule has 0 saturated carbocycles. The first kappa shape index (κ1) is 18.1. The quantitative estimate of drug-likeness (QED) is 0.560. The molecule has 1 unspecified atom stereocenters. The van der Waals surface area contributed by atoms with Gasteiger partial charge in [-0.25, -0.2) is 13.1 Å². The Balaban J connectivity index is 2.36. The van der Waals surface area contributed by atoms with Crippen LogP contribution in [0.25, 0.3) is 0 Å². The molecule has 3 N–H and O–H groups in total. The highest BCUT2D eigenvalue weighted by molar-refractivity contribution is 7.89. The zero-order chi connectivity index (χ0) is 17.6. The molecule has 0 aromatic heterocycles. The normalized spacial score (nSPS) is 12.7. The Kier molecular flexibility index (Phi) is 6.02. The average Bonchev–Trinajstić information content (AvgIpc) is 2.59. The number of hydrogen-bond donors (Lipinski definition) is 2. The summed E-state index contributed by atoms with van der Waals surface area (Å²) in [6, 6.07) is 13.9. The maximum absolute atomic E-state index is 12.7. The molecule has 2 rings (SSSR count). The second-order valence-corrected chi connectivity index (χ2v) is 6.92. The van der Waals surface area contributed by atoms with Crippen LogP contribution in [0.3, 0.4) is 0 Å². The fourth-order valence-corrected chi connectivity index (χ4v) is 3.82. The van der Waals surface area contributed by atoms with Crippen molar-refractivity contribution in [2.45, 2.75) is 23.8 Å². The molecule has 0 radical (unpaired) electrons. The minimum absolute atomic E-state index is 0.344. The number of nitro groups is 1. The zero-order valence-electron chi connectivity index (χ0n) is 13.0. The molecule has 0 aliphatic heterocycles. The van der Waals surface area contributed by atoms with Crippen molar-refractivity contribution in [2.24, 2.45) is 5.73 Å². The Morgan fingerprint density at radius 3 is 2.33 bits per heavy atom. The predicted octanol–water partition coefficient (Wildman–Crippen LogP) is 2.35. The summed E-state index contributed by atoms with van der Waals surface area (Å²) in [4.78, 5) is 10.0. The van der Waals surface area contributed by atoms with Crippen LogP contribution >= 0.6 is 0 Å². The molecule has 2 aromatic carbocycles. The predicted molar refractivity (Wildman–Crippen MR) is 90.9 cm³/mol. The molecule has 0 spiro atoms. The Morgan fingerprint density at radius 1 is 1.08 bits per heavy atom. The van der Waals surface area contributed by atoms with Gasteiger partial charge >= 0.3 is 0 Å². The van der Waals surface area contributed by atoms with E-state index in [1.807, 2.05) is 30.3 Å². The molecule has 0 heterocycles. The van der Waals surface area contributed by atoms with Crippen LogP contribution in [0.1, 0.15) is 24.4 Å². The number of sulfonamides is 1. The number of para-hydroxylation sites is 1. The minimum Gasteiger partial charge on any atom is -0.330 e. The SMILES string of the molecule is NCCCC(NS(=O)(=O)c1ccccc1[N+](=O)[O-])c1ccccc1. The molecular weight excluding hydrogens is 330 g/mol. The summed E-state index contributed by atoms with van der Waals surface area (Å²) in [5, 5.41) is 11.1. The number of nitrogens with one attached hydrogen (secondary N) is 1. The summed E-state index contributed by atoms with van der Waals surface area (Å²) in [5.41, 5.74) is 5.86. The monoisotopic (exact) mass is 349 g/mol. The Hall–Kier alpha value is -2.29. The zero-order valence-corrected chi connectivity index (χ0v) is 13.8. The highest BCUT2D eigenvalue weighted by Gasteiger charge is 2.28. The van der Waals surface area contributed by atoms with Crippen LogP contribution < -0.4 is 10.5 Å². The van der Waals surface area contributed by atoms with Gasteiger partial charge in [-0.2, -0.15) is 0 Å². The Labute approximate surface area is 140 Å². The van der Waals surface area contributed by atoms with Crippen molar-refractivity contribution < 1.29 is 13.3 Å². The lowest BCUT2D eigenvalue weighted by atomic mass is 10.0. The third-order valence-corrected chi connectivity index (χ3v) is 5.07. The largest absolute Gasteiger partial charge is 0.330 e.